The van der Waals surface area contributed by atoms with Crippen LogP contribution in [0.15, 0.2) is 72.4 Å². The Morgan fingerprint density at radius 1 is 1.09 bits per heavy atom. The van der Waals surface area contributed by atoms with Crippen molar-refractivity contribution in [1.29, 1.82) is 0 Å². The summed E-state index contributed by atoms with van der Waals surface area (Å²) in [7, 11) is 5.60. The number of hydrogen-bond acceptors (Lipinski definition) is 4. The third-order valence-electron chi connectivity index (χ3n) is 7.12. The van der Waals surface area contributed by atoms with Crippen molar-refractivity contribution in [2.75, 3.05) is 21.2 Å². The fourth-order valence-corrected chi connectivity index (χ4v) is 5.13. The van der Waals surface area contributed by atoms with Gasteiger partial charge in [-0.15, -0.1) is 12.4 Å². The van der Waals surface area contributed by atoms with Crippen molar-refractivity contribution in [3.63, 3.8) is 0 Å². The Morgan fingerprint density at radius 2 is 1.74 bits per heavy atom. The van der Waals surface area contributed by atoms with E-state index in [0.29, 0.717) is 6.42 Å². The second-order valence-electron chi connectivity index (χ2n) is 9.24. The molecule has 1 fully saturated rings. The van der Waals surface area contributed by atoms with Crippen molar-refractivity contribution >= 4 is 35.2 Å². The number of benzene rings is 2. The van der Waals surface area contributed by atoms with Gasteiger partial charge in [0.05, 0.1) is 7.11 Å². The van der Waals surface area contributed by atoms with Crippen LogP contribution in [0.2, 0.25) is 0 Å². The number of methoxy groups -OCH3 is 1. The smallest absolute Gasteiger partial charge is 0.328 e. The highest BCUT2D eigenvalue weighted by molar-refractivity contribution is 5.92. The van der Waals surface area contributed by atoms with Gasteiger partial charge in [-0.2, -0.15) is 0 Å². The topological polar surface area (TPSA) is 74.4 Å². The van der Waals surface area contributed by atoms with Gasteiger partial charge in [0.25, 0.3) is 0 Å². The largest absolute Gasteiger partial charge is 0.467 e. The lowest BCUT2D eigenvalue weighted by molar-refractivity contribution is -0.144. The van der Waals surface area contributed by atoms with E-state index in [9.17, 15) is 9.59 Å². The van der Waals surface area contributed by atoms with Gasteiger partial charge in [0.2, 0.25) is 5.91 Å². The molecule has 3 aromatic rings. The van der Waals surface area contributed by atoms with Crippen LogP contribution < -0.4 is 5.32 Å². The maximum atomic E-state index is 12.9. The highest BCUT2D eigenvalue weighted by Gasteiger charge is 2.37. The number of aromatic amines is 1. The van der Waals surface area contributed by atoms with E-state index in [1.54, 1.807) is 6.08 Å². The summed E-state index contributed by atoms with van der Waals surface area (Å²) in [6, 6.07) is 17.7. The van der Waals surface area contributed by atoms with Crippen molar-refractivity contribution in [3.8, 4) is 0 Å². The van der Waals surface area contributed by atoms with Crippen LogP contribution in [0, 0.1) is 0 Å². The monoisotopic (exact) mass is 495 g/mol. The zero-order chi connectivity index (χ0) is 24.1. The van der Waals surface area contributed by atoms with Gasteiger partial charge in [0.15, 0.2) is 0 Å². The van der Waals surface area contributed by atoms with Gasteiger partial charge in [-0.1, -0.05) is 54.1 Å². The predicted molar refractivity (Wildman–Crippen MR) is 142 cm³/mol. The molecule has 1 amide bonds. The molecule has 1 aliphatic carbocycles. The SMILES string of the molecule is COC(=O)[C@H](Cc1c[nH]c2ccccc12)NC(=O)C=C1CCC(c2ccccc2)(N(C)C)CC1.Cl. The third kappa shape index (κ3) is 5.77. The second kappa shape index (κ2) is 11.6. The van der Waals surface area contributed by atoms with Crippen molar-refractivity contribution in [3.05, 3.63) is 83.6 Å². The van der Waals surface area contributed by atoms with Crippen LogP contribution in [-0.2, 0) is 26.3 Å². The average molecular weight is 496 g/mol. The molecule has 0 unspecified atom stereocenters. The first-order valence-corrected chi connectivity index (χ1v) is 11.8. The number of para-hydroxylation sites is 1. The molecule has 35 heavy (non-hydrogen) atoms. The second-order valence-corrected chi connectivity index (χ2v) is 9.24. The number of fused-ring (bicyclic) bond motifs is 1. The molecular weight excluding hydrogens is 462 g/mol. The molecule has 6 nitrogen and oxygen atoms in total. The van der Waals surface area contributed by atoms with Crippen LogP contribution in [0.4, 0.5) is 0 Å². The van der Waals surface area contributed by atoms with Gasteiger partial charge in [-0.25, -0.2) is 4.79 Å². The van der Waals surface area contributed by atoms with E-state index in [2.05, 4.69) is 53.6 Å². The van der Waals surface area contributed by atoms with Crippen LogP contribution in [-0.4, -0.2) is 49.0 Å². The summed E-state index contributed by atoms with van der Waals surface area (Å²) in [6.45, 7) is 0. The molecule has 1 heterocycles. The van der Waals surface area contributed by atoms with Crippen LogP contribution in [0.1, 0.15) is 36.8 Å². The summed E-state index contributed by atoms with van der Waals surface area (Å²) in [4.78, 5) is 30.8. The number of carbonyl (C=O) groups is 2. The highest BCUT2D eigenvalue weighted by Crippen LogP contribution is 2.42. The maximum absolute atomic E-state index is 12.9. The van der Waals surface area contributed by atoms with Gasteiger partial charge in [-0.3, -0.25) is 9.69 Å². The average Bonchev–Trinajstić information content (AvgIpc) is 3.27. The number of halogens is 1. The van der Waals surface area contributed by atoms with E-state index in [0.717, 1.165) is 47.7 Å². The number of H-pyrrole nitrogens is 1. The normalized spacial score (nSPS) is 18.6. The number of rotatable bonds is 7. The molecule has 1 aliphatic rings. The first kappa shape index (κ1) is 26.5. The molecule has 0 spiro atoms. The van der Waals surface area contributed by atoms with E-state index in [1.807, 2.05) is 36.5 Å². The summed E-state index contributed by atoms with van der Waals surface area (Å²) in [6.07, 6.45) is 7.49. The minimum absolute atomic E-state index is 0. The Balaban J connectivity index is 0.00000342. The Bertz CT molecular complexity index is 1180. The number of aromatic nitrogens is 1. The Labute approximate surface area is 213 Å². The number of esters is 1. The van der Waals surface area contributed by atoms with Crippen molar-refractivity contribution in [1.82, 2.24) is 15.2 Å². The number of hydrogen-bond donors (Lipinski definition) is 2. The van der Waals surface area contributed by atoms with Gasteiger partial charge in [0, 0.05) is 35.1 Å². The van der Waals surface area contributed by atoms with Gasteiger partial charge in [-0.05, 0) is 57.0 Å². The summed E-state index contributed by atoms with van der Waals surface area (Å²) < 4.78 is 4.98. The molecule has 1 aromatic heterocycles. The molecule has 0 aliphatic heterocycles. The molecule has 1 saturated carbocycles. The fraction of sp³-hybridized carbons (Fsp3) is 0.357. The predicted octanol–water partition coefficient (Wildman–Crippen LogP) is 4.75. The number of nitrogens with zero attached hydrogens (tertiary/aromatic N) is 1. The van der Waals surface area contributed by atoms with Gasteiger partial charge < -0.3 is 15.0 Å². The number of ether oxygens (including phenoxy) is 1. The standard InChI is InChI=1S/C28H33N3O3.ClH/c1-31(2)28(22-9-5-4-6-10-22)15-13-20(14-16-28)17-26(32)30-25(27(33)34-3)18-21-19-29-24-12-8-7-11-23(21)24;/h4-12,17,19,25,29H,13-16,18H2,1-3H3,(H,30,32);1H/t25-,28?;/m0./s1. The molecule has 2 aromatic carbocycles. The van der Waals surface area contributed by atoms with Crippen LogP contribution in [0.3, 0.4) is 0 Å². The third-order valence-corrected chi connectivity index (χ3v) is 7.12. The Kier molecular flexibility index (Phi) is 8.76. The summed E-state index contributed by atoms with van der Waals surface area (Å²) >= 11 is 0. The van der Waals surface area contributed by atoms with E-state index in [4.69, 9.17) is 4.74 Å². The van der Waals surface area contributed by atoms with E-state index in [-0.39, 0.29) is 23.9 Å². The Morgan fingerprint density at radius 3 is 2.40 bits per heavy atom. The molecule has 186 valence electrons. The minimum atomic E-state index is -0.748. The van der Waals surface area contributed by atoms with Crippen LogP contribution >= 0.6 is 12.4 Å². The molecule has 0 bridgehead atoms. The number of amides is 1. The zero-order valence-electron chi connectivity index (χ0n) is 20.5. The number of carbonyl (C=O) groups excluding carboxylic acids is 2. The molecule has 0 radical (unpaired) electrons. The summed E-state index contributed by atoms with van der Waals surface area (Å²) in [5, 5.41) is 3.92. The minimum Gasteiger partial charge on any atom is -0.467 e. The van der Waals surface area contributed by atoms with Crippen LogP contribution in [0.25, 0.3) is 10.9 Å². The highest BCUT2D eigenvalue weighted by atomic mass is 35.5. The summed E-state index contributed by atoms with van der Waals surface area (Å²) in [5.41, 5.74) is 4.36. The summed E-state index contributed by atoms with van der Waals surface area (Å²) in [5.74, 6) is -0.696. The van der Waals surface area contributed by atoms with Gasteiger partial charge in [0.1, 0.15) is 6.04 Å². The molecule has 1 atom stereocenters. The lowest BCUT2D eigenvalue weighted by Gasteiger charge is -2.44. The van der Waals surface area contributed by atoms with E-state index < -0.39 is 12.0 Å². The Hall–Kier alpha value is -3.09. The molecule has 0 saturated heterocycles. The van der Waals surface area contributed by atoms with Gasteiger partial charge >= 0.3 is 5.97 Å². The van der Waals surface area contributed by atoms with Crippen LogP contribution in [0.5, 0.6) is 0 Å². The molecule has 7 heteroatoms. The molecular formula is C28H34ClN3O3. The maximum Gasteiger partial charge on any atom is 0.328 e. The van der Waals surface area contributed by atoms with Crippen molar-refractivity contribution in [2.45, 2.75) is 43.7 Å². The van der Waals surface area contributed by atoms with Crippen molar-refractivity contribution in [2.24, 2.45) is 0 Å². The number of allylic oxidation sites excluding steroid dienone is 1. The number of nitrogens with one attached hydrogen (secondary N) is 2. The van der Waals surface area contributed by atoms with Crippen molar-refractivity contribution < 1.29 is 14.3 Å². The first-order chi connectivity index (χ1) is 16.4. The molecule has 4 rings (SSSR count). The zero-order valence-corrected chi connectivity index (χ0v) is 21.4. The lowest BCUT2D eigenvalue weighted by Crippen LogP contribution is -2.44. The quantitative estimate of drug-likeness (QED) is 0.366. The van der Waals surface area contributed by atoms with E-state index in [1.165, 1.54) is 12.7 Å². The fourth-order valence-electron chi connectivity index (χ4n) is 5.13. The molecule has 2 N–H and O–H groups in total. The van der Waals surface area contributed by atoms with E-state index >= 15 is 0 Å². The lowest BCUT2D eigenvalue weighted by atomic mass is 9.74. The first-order valence-electron chi connectivity index (χ1n) is 11.8.